The molecule has 0 unspecified atom stereocenters. The van der Waals surface area contributed by atoms with Gasteiger partial charge in [-0.05, 0) is 47.4 Å². The van der Waals surface area contributed by atoms with Crippen LogP contribution in [0.25, 0.3) is 11.1 Å². The summed E-state index contributed by atoms with van der Waals surface area (Å²) in [7, 11) is 3.00. The van der Waals surface area contributed by atoms with Gasteiger partial charge in [0.05, 0.1) is 27.2 Å². The molecule has 35 heavy (non-hydrogen) atoms. The van der Waals surface area contributed by atoms with Gasteiger partial charge in [0, 0.05) is 12.1 Å². The minimum absolute atomic E-state index is 0.0188. The van der Waals surface area contributed by atoms with Crippen LogP contribution in [0.1, 0.15) is 23.6 Å². The Bertz CT molecular complexity index is 1160. The van der Waals surface area contributed by atoms with Crippen LogP contribution >= 0.6 is 0 Å². The SMILES string of the molecule is CCN(Cc1c(CC(=O)O)cc(OC)c(OC)c1-c1ccccc1)C(=O)OCc1ccc(F)cc1. The van der Waals surface area contributed by atoms with Crippen molar-refractivity contribution in [1.29, 1.82) is 0 Å². The first-order valence-corrected chi connectivity index (χ1v) is 11.1. The second-order valence-electron chi connectivity index (χ2n) is 7.76. The zero-order chi connectivity index (χ0) is 25.4. The van der Waals surface area contributed by atoms with E-state index in [1.165, 1.54) is 31.3 Å². The molecule has 0 radical (unpaired) electrons. The van der Waals surface area contributed by atoms with Gasteiger partial charge in [0.2, 0.25) is 0 Å². The van der Waals surface area contributed by atoms with E-state index in [9.17, 15) is 19.1 Å². The van der Waals surface area contributed by atoms with Crippen molar-refractivity contribution in [2.45, 2.75) is 26.5 Å². The number of rotatable bonds is 10. The highest BCUT2D eigenvalue weighted by Gasteiger charge is 2.25. The molecule has 0 fully saturated rings. The third-order valence-electron chi connectivity index (χ3n) is 5.54. The van der Waals surface area contributed by atoms with Crippen molar-refractivity contribution < 1.29 is 33.3 Å². The van der Waals surface area contributed by atoms with Crippen molar-refractivity contribution in [3.63, 3.8) is 0 Å². The van der Waals surface area contributed by atoms with E-state index in [0.717, 1.165) is 5.56 Å². The summed E-state index contributed by atoms with van der Waals surface area (Å²) in [6.07, 6.45) is -0.843. The lowest BCUT2D eigenvalue weighted by Crippen LogP contribution is -2.31. The van der Waals surface area contributed by atoms with Crippen LogP contribution in [0, 0.1) is 5.82 Å². The summed E-state index contributed by atoms with van der Waals surface area (Å²) in [4.78, 5) is 26.1. The fraction of sp³-hybridized carbons (Fsp3) is 0.259. The van der Waals surface area contributed by atoms with E-state index in [1.807, 2.05) is 30.3 Å². The van der Waals surface area contributed by atoms with Crippen LogP contribution < -0.4 is 9.47 Å². The Morgan fingerprint density at radius 2 is 1.69 bits per heavy atom. The molecule has 3 rings (SSSR count). The second kappa shape index (κ2) is 11.9. The molecule has 184 valence electrons. The molecule has 3 aromatic carbocycles. The molecular weight excluding hydrogens is 453 g/mol. The van der Waals surface area contributed by atoms with E-state index in [-0.39, 0.29) is 25.4 Å². The van der Waals surface area contributed by atoms with E-state index in [4.69, 9.17) is 14.2 Å². The van der Waals surface area contributed by atoms with Gasteiger partial charge in [-0.3, -0.25) is 4.79 Å². The number of carbonyl (C=O) groups excluding carboxylic acids is 1. The lowest BCUT2D eigenvalue weighted by molar-refractivity contribution is -0.136. The summed E-state index contributed by atoms with van der Waals surface area (Å²) >= 11 is 0. The number of carboxylic acids is 1. The van der Waals surface area contributed by atoms with Gasteiger partial charge in [-0.25, -0.2) is 9.18 Å². The van der Waals surface area contributed by atoms with E-state index in [0.29, 0.717) is 40.3 Å². The number of methoxy groups -OCH3 is 2. The molecule has 3 aromatic rings. The zero-order valence-electron chi connectivity index (χ0n) is 19.9. The number of halogens is 1. The molecule has 0 aromatic heterocycles. The van der Waals surface area contributed by atoms with Crippen LogP contribution in [0.15, 0.2) is 60.7 Å². The minimum atomic E-state index is -1.01. The van der Waals surface area contributed by atoms with Crippen LogP contribution in [-0.2, 0) is 29.1 Å². The zero-order valence-corrected chi connectivity index (χ0v) is 19.9. The van der Waals surface area contributed by atoms with Crippen LogP contribution in [0.3, 0.4) is 0 Å². The minimum Gasteiger partial charge on any atom is -0.493 e. The van der Waals surface area contributed by atoms with Gasteiger partial charge in [0.25, 0.3) is 0 Å². The Labute approximate surface area is 203 Å². The molecular formula is C27H28FNO6. The van der Waals surface area contributed by atoms with Crippen LogP contribution in [0.2, 0.25) is 0 Å². The number of ether oxygens (including phenoxy) is 3. The monoisotopic (exact) mass is 481 g/mol. The first-order chi connectivity index (χ1) is 16.9. The molecule has 0 aliphatic rings. The number of amides is 1. The van der Waals surface area contributed by atoms with Crippen molar-refractivity contribution in [2.24, 2.45) is 0 Å². The topological polar surface area (TPSA) is 85.3 Å². The van der Waals surface area contributed by atoms with Gasteiger partial charge in [-0.15, -0.1) is 0 Å². The molecule has 0 saturated carbocycles. The average Bonchev–Trinajstić information content (AvgIpc) is 2.86. The lowest BCUT2D eigenvalue weighted by atomic mass is 9.91. The highest BCUT2D eigenvalue weighted by Crippen LogP contribution is 2.43. The fourth-order valence-electron chi connectivity index (χ4n) is 3.81. The highest BCUT2D eigenvalue weighted by molar-refractivity contribution is 5.82. The Balaban J connectivity index is 2.02. The maximum Gasteiger partial charge on any atom is 0.410 e. The normalized spacial score (nSPS) is 10.5. The third-order valence-corrected chi connectivity index (χ3v) is 5.54. The Hall–Kier alpha value is -4.07. The number of carbonyl (C=O) groups is 2. The van der Waals surface area contributed by atoms with Crippen LogP contribution in [0.4, 0.5) is 9.18 Å². The number of nitrogens with zero attached hydrogens (tertiary/aromatic N) is 1. The molecule has 0 spiro atoms. The van der Waals surface area contributed by atoms with E-state index in [2.05, 4.69) is 0 Å². The Morgan fingerprint density at radius 3 is 2.26 bits per heavy atom. The number of benzene rings is 3. The van der Waals surface area contributed by atoms with Crippen molar-refractivity contribution >= 4 is 12.1 Å². The number of hydrogen-bond acceptors (Lipinski definition) is 5. The number of carboxylic acid groups (broad SMARTS) is 1. The lowest BCUT2D eigenvalue weighted by Gasteiger charge is -2.26. The molecule has 0 atom stereocenters. The van der Waals surface area contributed by atoms with Gasteiger partial charge < -0.3 is 24.2 Å². The molecule has 0 aliphatic carbocycles. The molecule has 0 saturated heterocycles. The van der Waals surface area contributed by atoms with Gasteiger partial charge in [0.15, 0.2) is 11.5 Å². The van der Waals surface area contributed by atoms with Gasteiger partial charge >= 0.3 is 12.1 Å². The molecule has 0 aliphatic heterocycles. The fourth-order valence-corrected chi connectivity index (χ4v) is 3.81. The molecule has 1 amide bonds. The molecule has 0 bridgehead atoms. The maximum atomic E-state index is 13.2. The van der Waals surface area contributed by atoms with E-state index < -0.39 is 12.1 Å². The van der Waals surface area contributed by atoms with Crippen LogP contribution in [0.5, 0.6) is 11.5 Å². The quantitative estimate of drug-likeness (QED) is 0.423. The smallest absolute Gasteiger partial charge is 0.410 e. The highest BCUT2D eigenvalue weighted by atomic mass is 19.1. The summed E-state index contributed by atoms with van der Waals surface area (Å²) in [5.41, 5.74) is 3.21. The standard InChI is InChI=1S/C27H28FNO6/c1-4-29(27(32)35-17-18-10-12-21(28)13-11-18)16-22-20(15-24(30)31)14-23(33-2)26(34-3)25(22)19-8-6-5-7-9-19/h5-14H,4,15-17H2,1-3H3,(H,30,31). The van der Waals surface area contributed by atoms with E-state index >= 15 is 0 Å². The third kappa shape index (κ3) is 6.29. The predicted molar refractivity (Wildman–Crippen MR) is 129 cm³/mol. The molecule has 0 heterocycles. The van der Waals surface area contributed by atoms with Gasteiger partial charge in [-0.2, -0.15) is 0 Å². The summed E-state index contributed by atoms with van der Waals surface area (Å²) < 4.78 is 29.8. The largest absolute Gasteiger partial charge is 0.493 e. The average molecular weight is 482 g/mol. The summed E-state index contributed by atoms with van der Waals surface area (Å²) in [6.45, 7) is 2.19. The Kier molecular flexibility index (Phi) is 8.67. The van der Waals surface area contributed by atoms with Crippen LogP contribution in [-0.4, -0.2) is 42.8 Å². The van der Waals surface area contributed by atoms with Crippen molar-refractivity contribution in [3.05, 3.63) is 83.2 Å². The summed E-state index contributed by atoms with van der Waals surface area (Å²) in [5.74, 6) is -0.547. The van der Waals surface area contributed by atoms with Crippen molar-refractivity contribution in [3.8, 4) is 22.6 Å². The number of hydrogen-bond donors (Lipinski definition) is 1. The van der Waals surface area contributed by atoms with Gasteiger partial charge in [0.1, 0.15) is 12.4 Å². The second-order valence-corrected chi connectivity index (χ2v) is 7.76. The summed E-state index contributed by atoms with van der Waals surface area (Å²) in [5, 5.41) is 9.57. The predicted octanol–water partition coefficient (Wildman–Crippen LogP) is 5.30. The maximum absolute atomic E-state index is 13.2. The summed E-state index contributed by atoms with van der Waals surface area (Å²) in [6, 6.07) is 16.7. The first kappa shape index (κ1) is 25.6. The first-order valence-electron chi connectivity index (χ1n) is 11.1. The van der Waals surface area contributed by atoms with E-state index in [1.54, 1.807) is 25.1 Å². The van der Waals surface area contributed by atoms with Crippen molar-refractivity contribution in [2.75, 3.05) is 20.8 Å². The molecule has 8 heteroatoms. The van der Waals surface area contributed by atoms with Crippen molar-refractivity contribution in [1.82, 2.24) is 4.90 Å². The number of aliphatic carboxylic acids is 1. The molecule has 7 nitrogen and oxygen atoms in total. The van der Waals surface area contributed by atoms with Gasteiger partial charge in [-0.1, -0.05) is 42.5 Å². The molecule has 1 N–H and O–H groups in total. The Morgan fingerprint density at radius 1 is 1.00 bits per heavy atom.